The normalized spacial score (nSPS) is 14.8. The zero-order valence-corrected chi connectivity index (χ0v) is 8.76. The van der Waals surface area contributed by atoms with Crippen LogP contribution in [0.1, 0.15) is 34.1 Å². The molecule has 1 unspecified atom stereocenters. The minimum Gasteiger partial charge on any atom is -0.465 e. The molecule has 0 heterocycles. The molecule has 0 aromatic rings. The third-order valence-corrected chi connectivity index (χ3v) is 2.38. The summed E-state index contributed by atoms with van der Waals surface area (Å²) in [5.41, 5.74) is -0.962. The van der Waals surface area contributed by atoms with E-state index in [0.29, 0.717) is 13.0 Å². The number of rotatable bonds is 4. The van der Waals surface area contributed by atoms with Gasteiger partial charge in [0, 0.05) is 0 Å². The molecule has 0 aliphatic heterocycles. The highest BCUT2D eigenvalue weighted by Gasteiger charge is 2.41. The second-order valence-corrected chi connectivity index (χ2v) is 3.31. The van der Waals surface area contributed by atoms with Crippen molar-refractivity contribution >= 4 is 5.97 Å². The van der Waals surface area contributed by atoms with Gasteiger partial charge in [0.2, 0.25) is 0 Å². The quantitative estimate of drug-likeness (QED) is 0.627. The van der Waals surface area contributed by atoms with Crippen molar-refractivity contribution in [1.82, 2.24) is 0 Å². The van der Waals surface area contributed by atoms with Crippen LogP contribution in [0.15, 0.2) is 0 Å². The zero-order valence-electron chi connectivity index (χ0n) is 8.76. The van der Waals surface area contributed by atoms with Gasteiger partial charge in [0.15, 0.2) is 5.41 Å². The lowest BCUT2D eigenvalue weighted by atomic mass is 9.76. The molecule has 0 spiro atoms. The van der Waals surface area contributed by atoms with Crippen LogP contribution in [0.2, 0.25) is 0 Å². The Balaban J connectivity index is 4.79. The summed E-state index contributed by atoms with van der Waals surface area (Å²) in [6, 6.07) is 2.07. The highest BCUT2D eigenvalue weighted by Crippen LogP contribution is 2.32. The van der Waals surface area contributed by atoms with Crippen LogP contribution >= 0.6 is 0 Å². The van der Waals surface area contributed by atoms with E-state index in [9.17, 15) is 4.79 Å². The van der Waals surface area contributed by atoms with E-state index in [1.54, 1.807) is 6.92 Å². The fourth-order valence-corrected chi connectivity index (χ4v) is 1.30. The predicted molar refractivity (Wildman–Crippen MR) is 49.8 cm³/mol. The molecule has 74 valence electrons. The molecule has 1 atom stereocenters. The Morgan fingerprint density at radius 3 is 2.31 bits per heavy atom. The van der Waals surface area contributed by atoms with E-state index in [4.69, 9.17) is 10.00 Å². The van der Waals surface area contributed by atoms with Gasteiger partial charge in [0.25, 0.3) is 0 Å². The molecule has 0 aliphatic carbocycles. The zero-order chi connectivity index (χ0) is 10.5. The maximum Gasteiger partial charge on any atom is 0.326 e. The highest BCUT2D eigenvalue weighted by molar-refractivity contribution is 5.80. The van der Waals surface area contributed by atoms with Gasteiger partial charge in [-0.1, -0.05) is 20.8 Å². The topological polar surface area (TPSA) is 50.1 Å². The standard InChI is InChI=1S/C10H17NO2/c1-5-10(7-11,8(3)4)9(12)13-6-2/h8H,5-6H2,1-4H3. The van der Waals surface area contributed by atoms with Crippen molar-refractivity contribution in [1.29, 1.82) is 5.26 Å². The molecule has 13 heavy (non-hydrogen) atoms. The van der Waals surface area contributed by atoms with Gasteiger partial charge in [-0.2, -0.15) is 5.26 Å². The van der Waals surface area contributed by atoms with Crippen LogP contribution in [0, 0.1) is 22.7 Å². The molecule has 3 nitrogen and oxygen atoms in total. The molecule has 0 aromatic carbocycles. The van der Waals surface area contributed by atoms with E-state index in [-0.39, 0.29) is 5.92 Å². The smallest absolute Gasteiger partial charge is 0.326 e. The van der Waals surface area contributed by atoms with E-state index in [0.717, 1.165) is 0 Å². The van der Waals surface area contributed by atoms with Gasteiger partial charge in [-0.3, -0.25) is 4.79 Å². The first-order valence-corrected chi connectivity index (χ1v) is 4.63. The second-order valence-electron chi connectivity index (χ2n) is 3.31. The van der Waals surface area contributed by atoms with Crippen LogP contribution in [0.3, 0.4) is 0 Å². The van der Waals surface area contributed by atoms with Crippen LogP contribution in [0.25, 0.3) is 0 Å². The third kappa shape index (κ3) is 2.21. The number of carbonyl (C=O) groups excluding carboxylic acids is 1. The largest absolute Gasteiger partial charge is 0.465 e. The molecule has 0 saturated heterocycles. The van der Waals surface area contributed by atoms with Crippen molar-refractivity contribution in [3.8, 4) is 6.07 Å². The summed E-state index contributed by atoms with van der Waals surface area (Å²) in [4.78, 5) is 11.5. The van der Waals surface area contributed by atoms with Gasteiger partial charge in [-0.25, -0.2) is 0 Å². The van der Waals surface area contributed by atoms with Gasteiger partial charge in [-0.05, 0) is 19.3 Å². The molecule has 0 fully saturated rings. The fraction of sp³-hybridized carbons (Fsp3) is 0.800. The van der Waals surface area contributed by atoms with E-state index >= 15 is 0 Å². The van der Waals surface area contributed by atoms with Crippen molar-refractivity contribution in [2.24, 2.45) is 11.3 Å². The Morgan fingerprint density at radius 2 is 2.08 bits per heavy atom. The highest BCUT2D eigenvalue weighted by atomic mass is 16.5. The van der Waals surface area contributed by atoms with Crippen molar-refractivity contribution in [3.05, 3.63) is 0 Å². The monoisotopic (exact) mass is 183 g/mol. The van der Waals surface area contributed by atoms with E-state index in [1.165, 1.54) is 0 Å². The maximum atomic E-state index is 11.5. The van der Waals surface area contributed by atoms with Gasteiger partial charge < -0.3 is 4.74 Å². The molecule has 0 aromatic heterocycles. The second kappa shape index (κ2) is 4.86. The van der Waals surface area contributed by atoms with E-state index in [1.807, 2.05) is 20.8 Å². The molecule has 0 bridgehead atoms. The summed E-state index contributed by atoms with van der Waals surface area (Å²) in [5, 5.41) is 8.99. The van der Waals surface area contributed by atoms with Gasteiger partial charge in [-0.15, -0.1) is 0 Å². The lowest BCUT2D eigenvalue weighted by Crippen LogP contribution is -2.36. The number of ether oxygens (including phenoxy) is 1. The summed E-state index contributed by atoms with van der Waals surface area (Å²) in [7, 11) is 0. The number of hydrogen-bond acceptors (Lipinski definition) is 3. The molecule has 3 heteroatoms. The number of nitrogens with zero attached hydrogens (tertiary/aromatic N) is 1. The molecular weight excluding hydrogens is 166 g/mol. The van der Waals surface area contributed by atoms with Crippen molar-refractivity contribution in [3.63, 3.8) is 0 Å². The van der Waals surface area contributed by atoms with Crippen LogP contribution in [-0.2, 0) is 9.53 Å². The summed E-state index contributed by atoms with van der Waals surface area (Å²) in [6.07, 6.45) is 0.500. The Bertz CT molecular complexity index is 217. The van der Waals surface area contributed by atoms with Gasteiger partial charge in [0.05, 0.1) is 12.7 Å². The number of carbonyl (C=O) groups is 1. The van der Waals surface area contributed by atoms with Crippen LogP contribution < -0.4 is 0 Å². The summed E-state index contributed by atoms with van der Waals surface area (Å²) in [5.74, 6) is -0.406. The third-order valence-electron chi connectivity index (χ3n) is 2.38. The summed E-state index contributed by atoms with van der Waals surface area (Å²) in [6.45, 7) is 7.64. The molecule has 0 N–H and O–H groups in total. The minimum atomic E-state index is -0.962. The molecule has 0 saturated carbocycles. The van der Waals surface area contributed by atoms with Crippen LogP contribution in [-0.4, -0.2) is 12.6 Å². The van der Waals surface area contributed by atoms with Crippen LogP contribution in [0.5, 0.6) is 0 Å². The fourth-order valence-electron chi connectivity index (χ4n) is 1.30. The number of esters is 1. The Labute approximate surface area is 79.7 Å². The van der Waals surface area contributed by atoms with Gasteiger partial charge >= 0.3 is 5.97 Å². The molecule has 0 aliphatic rings. The van der Waals surface area contributed by atoms with Crippen molar-refractivity contribution in [2.75, 3.05) is 6.61 Å². The van der Waals surface area contributed by atoms with E-state index < -0.39 is 11.4 Å². The first-order chi connectivity index (χ1) is 6.05. The number of nitriles is 1. The molecular formula is C10H17NO2. The average molecular weight is 183 g/mol. The lowest BCUT2D eigenvalue weighted by Gasteiger charge is -2.26. The minimum absolute atomic E-state index is 0.0125. The lowest BCUT2D eigenvalue weighted by molar-refractivity contribution is -0.154. The summed E-state index contributed by atoms with van der Waals surface area (Å²) < 4.78 is 4.89. The first kappa shape index (κ1) is 12.0. The Hall–Kier alpha value is -1.04. The molecule has 0 amide bonds. The Morgan fingerprint density at radius 1 is 1.54 bits per heavy atom. The summed E-state index contributed by atoms with van der Waals surface area (Å²) >= 11 is 0. The molecule has 0 radical (unpaired) electrons. The number of hydrogen-bond donors (Lipinski definition) is 0. The van der Waals surface area contributed by atoms with Gasteiger partial charge in [0.1, 0.15) is 0 Å². The van der Waals surface area contributed by atoms with Crippen molar-refractivity contribution < 1.29 is 9.53 Å². The van der Waals surface area contributed by atoms with Crippen LogP contribution in [0.4, 0.5) is 0 Å². The van der Waals surface area contributed by atoms with Crippen molar-refractivity contribution in [2.45, 2.75) is 34.1 Å². The first-order valence-electron chi connectivity index (χ1n) is 4.63. The SMILES string of the molecule is CCOC(=O)C(C#N)(CC)C(C)C. The predicted octanol–water partition coefficient (Wildman–Crippen LogP) is 2.13. The maximum absolute atomic E-state index is 11.5. The average Bonchev–Trinajstić information content (AvgIpc) is 2.07. The molecule has 0 rings (SSSR count). The van der Waals surface area contributed by atoms with E-state index in [2.05, 4.69) is 6.07 Å². The Kier molecular flexibility index (Phi) is 4.47.